The van der Waals surface area contributed by atoms with E-state index in [1.54, 1.807) is 6.20 Å². The van der Waals surface area contributed by atoms with Gasteiger partial charge in [0.25, 0.3) is 0 Å². The quantitative estimate of drug-likeness (QED) is 0.826. The summed E-state index contributed by atoms with van der Waals surface area (Å²) in [6, 6.07) is 5.49. The van der Waals surface area contributed by atoms with Crippen LogP contribution in [-0.2, 0) is 11.2 Å². The molecule has 1 amide bonds. The SMILES string of the molecule is CC(C)C1N=C(Cc2ccccn2)NC1=O. The molecule has 0 bridgehead atoms. The number of pyridine rings is 1. The second kappa shape index (κ2) is 4.43. The minimum absolute atomic E-state index is 0.000862. The topological polar surface area (TPSA) is 54.4 Å². The van der Waals surface area contributed by atoms with Gasteiger partial charge in [0.15, 0.2) is 0 Å². The van der Waals surface area contributed by atoms with Crippen LogP contribution in [0, 0.1) is 5.92 Å². The number of nitrogens with one attached hydrogen (secondary N) is 1. The van der Waals surface area contributed by atoms with E-state index in [4.69, 9.17) is 0 Å². The Kier molecular flexibility index (Phi) is 2.99. The number of aliphatic imine (C=N–C) groups is 1. The number of hydrogen-bond acceptors (Lipinski definition) is 3. The zero-order valence-electron chi connectivity index (χ0n) is 9.47. The minimum Gasteiger partial charge on any atom is -0.312 e. The van der Waals surface area contributed by atoms with Crippen LogP contribution < -0.4 is 5.32 Å². The molecular formula is C12H15N3O. The summed E-state index contributed by atoms with van der Waals surface area (Å²) in [4.78, 5) is 20.2. The maximum atomic E-state index is 11.6. The smallest absolute Gasteiger partial charge is 0.250 e. The van der Waals surface area contributed by atoms with Crippen LogP contribution in [0.1, 0.15) is 19.5 Å². The summed E-state index contributed by atoms with van der Waals surface area (Å²) in [5.74, 6) is 0.963. The summed E-state index contributed by atoms with van der Waals surface area (Å²) in [6.45, 7) is 3.99. The molecule has 0 radical (unpaired) electrons. The van der Waals surface area contributed by atoms with Gasteiger partial charge < -0.3 is 5.32 Å². The molecule has 4 heteroatoms. The van der Waals surface area contributed by atoms with E-state index < -0.39 is 0 Å². The third-order valence-electron chi connectivity index (χ3n) is 2.54. The Labute approximate surface area is 94.8 Å². The normalized spacial score (nSPS) is 19.8. The Hall–Kier alpha value is -1.71. The molecular weight excluding hydrogens is 202 g/mol. The first kappa shape index (κ1) is 10.8. The summed E-state index contributed by atoms with van der Waals surface area (Å²) in [7, 11) is 0. The fraction of sp³-hybridized carbons (Fsp3) is 0.417. The maximum Gasteiger partial charge on any atom is 0.250 e. The van der Waals surface area contributed by atoms with Crippen molar-refractivity contribution in [2.75, 3.05) is 0 Å². The van der Waals surface area contributed by atoms with Crippen LogP contribution in [-0.4, -0.2) is 22.8 Å². The molecule has 0 fully saturated rings. The number of amides is 1. The van der Waals surface area contributed by atoms with Crippen molar-refractivity contribution >= 4 is 11.7 Å². The third kappa shape index (κ3) is 2.27. The van der Waals surface area contributed by atoms with Crippen LogP contribution >= 0.6 is 0 Å². The molecule has 1 unspecified atom stereocenters. The molecule has 84 valence electrons. The second-order valence-electron chi connectivity index (χ2n) is 4.25. The molecule has 0 aromatic carbocycles. The molecule has 2 heterocycles. The number of carbonyl (C=O) groups excluding carboxylic acids is 1. The Morgan fingerprint density at radius 3 is 2.81 bits per heavy atom. The van der Waals surface area contributed by atoms with E-state index in [9.17, 15) is 4.79 Å². The molecule has 2 rings (SSSR count). The van der Waals surface area contributed by atoms with Crippen LogP contribution in [0.15, 0.2) is 29.4 Å². The van der Waals surface area contributed by atoms with Crippen LogP contribution in [0.25, 0.3) is 0 Å². The first-order valence-electron chi connectivity index (χ1n) is 5.44. The van der Waals surface area contributed by atoms with Gasteiger partial charge in [-0.25, -0.2) is 0 Å². The number of amidine groups is 1. The largest absolute Gasteiger partial charge is 0.312 e. The lowest BCUT2D eigenvalue weighted by Gasteiger charge is -2.06. The Bertz CT molecular complexity index is 412. The van der Waals surface area contributed by atoms with Gasteiger partial charge in [-0.05, 0) is 18.1 Å². The van der Waals surface area contributed by atoms with Crippen molar-refractivity contribution in [3.8, 4) is 0 Å². The summed E-state index contributed by atoms with van der Waals surface area (Å²) in [5.41, 5.74) is 0.922. The molecule has 0 aliphatic carbocycles. The first-order valence-corrected chi connectivity index (χ1v) is 5.44. The van der Waals surface area contributed by atoms with Gasteiger partial charge in [-0.2, -0.15) is 0 Å². The van der Waals surface area contributed by atoms with Crippen molar-refractivity contribution in [3.63, 3.8) is 0 Å². The highest BCUT2D eigenvalue weighted by Crippen LogP contribution is 2.12. The van der Waals surface area contributed by atoms with Gasteiger partial charge in [-0.1, -0.05) is 19.9 Å². The van der Waals surface area contributed by atoms with Crippen molar-refractivity contribution in [1.29, 1.82) is 0 Å². The van der Waals surface area contributed by atoms with Crippen molar-refractivity contribution < 1.29 is 4.79 Å². The van der Waals surface area contributed by atoms with Gasteiger partial charge in [0.1, 0.15) is 11.9 Å². The number of aromatic nitrogens is 1. The molecule has 1 aromatic rings. The second-order valence-corrected chi connectivity index (χ2v) is 4.25. The Balaban J connectivity index is 2.08. The van der Waals surface area contributed by atoms with Crippen molar-refractivity contribution in [2.24, 2.45) is 10.9 Å². The zero-order valence-corrected chi connectivity index (χ0v) is 9.47. The van der Waals surface area contributed by atoms with E-state index in [1.807, 2.05) is 32.0 Å². The van der Waals surface area contributed by atoms with E-state index in [0.717, 1.165) is 11.5 Å². The predicted octanol–water partition coefficient (Wildman–Crippen LogP) is 1.18. The van der Waals surface area contributed by atoms with E-state index >= 15 is 0 Å². The summed E-state index contributed by atoms with van der Waals surface area (Å²) in [5, 5.41) is 2.80. The van der Waals surface area contributed by atoms with Crippen LogP contribution in [0.4, 0.5) is 0 Å². The van der Waals surface area contributed by atoms with Crippen LogP contribution in [0.3, 0.4) is 0 Å². The maximum absolute atomic E-state index is 11.6. The van der Waals surface area contributed by atoms with Crippen LogP contribution in [0.5, 0.6) is 0 Å². The Morgan fingerprint density at radius 2 is 2.25 bits per heavy atom. The molecule has 0 saturated heterocycles. The summed E-state index contributed by atoms with van der Waals surface area (Å²) < 4.78 is 0. The van der Waals surface area contributed by atoms with E-state index in [1.165, 1.54) is 0 Å². The highest BCUT2D eigenvalue weighted by molar-refractivity contribution is 6.06. The predicted molar refractivity (Wildman–Crippen MR) is 62.1 cm³/mol. The standard InChI is InChI=1S/C12H15N3O/c1-8(2)11-12(16)15-10(14-11)7-9-5-3-4-6-13-9/h3-6,8,11H,7H2,1-2H3,(H,14,15,16). The highest BCUT2D eigenvalue weighted by Gasteiger charge is 2.28. The van der Waals surface area contributed by atoms with Gasteiger partial charge in [0, 0.05) is 18.3 Å². The van der Waals surface area contributed by atoms with Crippen molar-refractivity contribution in [1.82, 2.24) is 10.3 Å². The number of hydrogen-bond donors (Lipinski definition) is 1. The molecule has 1 aromatic heterocycles. The molecule has 1 N–H and O–H groups in total. The lowest BCUT2D eigenvalue weighted by molar-refractivity contribution is -0.120. The lowest BCUT2D eigenvalue weighted by atomic mass is 10.1. The highest BCUT2D eigenvalue weighted by atomic mass is 16.2. The number of rotatable bonds is 3. The first-order chi connectivity index (χ1) is 7.66. The summed E-state index contributed by atoms with van der Waals surface area (Å²) in [6.07, 6.45) is 2.34. The lowest BCUT2D eigenvalue weighted by Crippen LogP contribution is -2.31. The molecule has 1 aliphatic heterocycles. The molecule has 1 aliphatic rings. The van der Waals surface area contributed by atoms with Gasteiger partial charge in [0.05, 0.1) is 0 Å². The van der Waals surface area contributed by atoms with Crippen molar-refractivity contribution in [2.45, 2.75) is 26.3 Å². The van der Waals surface area contributed by atoms with Gasteiger partial charge in [-0.3, -0.25) is 14.8 Å². The molecule has 4 nitrogen and oxygen atoms in total. The molecule has 1 atom stereocenters. The Morgan fingerprint density at radius 1 is 1.44 bits per heavy atom. The fourth-order valence-corrected chi connectivity index (χ4v) is 1.69. The zero-order chi connectivity index (χ0) is 11.5. The fourth-order valence-electron chi connectivity index (χ4n) is 1.69. The van der Waals surface area contributed by atoms with Crippen molar-refractivity contribution in [3.05, 3.63) is 30.1 Å². The minimum atomic E-state index is -0.237. The van der Waals surface area contributed by atoms with E-state index in [-0.39, 0.29) is 17.9 Å². The molecule has 0 saturated carbocycles. The van der Waals surface area contributed by atoms with E-state index in [0.29, 0.717) is 6.42 Å². The van der Waals surface area contributed by atoms with Gasteiger partial charge >= 0.3 is 0 Å². The number of carbonyl (C=O) groups is 1. The summed E-state index contributed by atoms with van der Waals surface area (Å²) >= 11 is 0. The molecule has 0 spiro atoms. The van der Waals surface area contributed by atoms with E-state index in [2.05, 4.69) is 15.3 Å². The third-order valence-corrected chi connectivity index (χ3v) is 2.54. The average Bonchev–Trinajstić information content (AvgIpc) is 2.61. The monoisotopic (exact) mass is 217 g/mol. The van der Waals surface area contributed by atoms with Gasteiger partial charge in [-0.15, -0.1) is 0 Å². The van der Waals surface area contributed by atoms with Gasteiger partial charge in [0.2, 0.25) is 5.91 Å². The molecule has 16 heavy (non-hydrogen) atoms. The average molecular weight is 217 g/mol. The number of nitrogens with zero attached hydrogens (tertiary/aromatic N) is 2. The van der Waals surface area contributed by atoms with Crippen LogP contribution in [0.2, 0.25) is 0 Å².